The molecular weight excluding hydrogens is 200 g/mol. The van der Waals surface area contributed by atoms with Crippen molar-refractivity contribution in [1.29, 1.82) is 0 Å². The lowest BCUT2D eigenvalue weighted by Gasteiger charge is -2.21. The Morgan fingerprint density at radius 3 is 3.00 bits per heavy atom. The maximum Gasteiger partial charge on any atom is 0.127 e. The monoisotopic (exact) mass is 216 g/mol. The molecule has 0 bridgehead atoms. The molecule has 0 amide bonds. The van der Waals surface area contributed by atoms with E-state index >= 15 is 0 Å². The molecule has 0 spiro atoms. The molecule has 1 aliphatic rings. The van der Waals surface area contributed by atoms with E-state index in [-0.39, 0.29) is 0 Å². The number of fused-ring (bicyclic) bond motifs is 1. The van der Waals surface area contributed by atoms with Gasteiger partial charge in [0.1, 0.15) is 5.82 Å². The number of hydrogen-bond acceptors (Lipinski definition) is 3. The van der Waals surface area contributed by atoms with Gasteiger partial charge in [-0.2, -0.15) is 5.10 Å². The molecule has 0 aliphatic carbocycles. The van der Waals surface area contributed by atoms with Gasteiger partial charge in [-0.25, -0.2) is 9.50 Å². The summed E-state index contributed by atoms with van der Waals surface area (Å²) in [6.07, 6.45) is 4.18. The van der Waals surface area contributed by atoms with Crippen LogP contribution in [0.5, 0.6) is 0 Å². The van der Waals surface area contributed by atoms with Gasteiger partial charge in [0.05, 0.1) is 11.2 Å². The minimum absolute atomic E-state index is 0.592. The Morgan fingerprint density at radius 2 is 2.19 bits per heavy atom. The standard InChI is InChI=1S/C12H16N4/c1-9-15-12(10-4-7-13-8-5-10)11-3-2-6-14-16(9)11/h2-3,6,10,13H,4-5,7-8H2,1H3. The minimum Gasteiger partial charge on any atom is -0.317 e. The lowest BCUT2D eigenvalue weighted by molar-refractivity contribution is 0.456. The summed E-state index contributed by atoms with van der Waals surface area (Å²) >= 11 is 0. The lowest BCUT2D eigenvalue weighted by Crippen LogP contribution is -2.26. The molecule has 3 rings (SSSR count). The molecular formula is C12H16N4. The number of nitrogens with zero attached hydrogens (tertiary/aromatic N) is 3. The van der Waals surface area contributed by atoms with E-state index in [1.54, 1.807) is 0 Å². The molecule has 84 valence electrons. The van der Waals surface area contributed by atoms with Crippen molar-refractivity contribution in [1.82, 2.24) is 19.9 Å². The largest absolute Gasteiger partial charge is 0.317 e. The Bertz CT molecular complexity index is 497. The van der Waals surface area contributed by atoms with Gasteiger partial charge >= 0.3 is 0 Å². The van der Waals surface area contributed by atoms with Crippen LogP contribution in [0.2, 0.25) is 0 Å². The van der Waals surface area contributed by atoms with Crippen molar-refractivity contribution in [2.45, 2.75) is 25.7 Å². The van der Waals surface area contributed by atoms with Crippen molar-refractivity contribution in [3.8, 4) is 0 Å². The van der Waals surface area contributed by atoms with Gasteiger partial charge in [-0.3, -0.25) is 0 Å². The fourth-order valence-corrected chi connectivity index (χ4v) is 2.50. The van der Waals surface area contributed by atoms with Crippen LogP contribution in [0.25, 0.3) is 5.52 Å². The fourth-order valence-electron chi connectivity index (χ4n) is 2.50. The van der Waals surface area contributed by atoms with Gasteiger partial charge in [0, 0.05) is 12.1 Å². The highest BCUT2D eigenvalue weighted by atomic mass is 15.3. The van der Waals surface area contributed by atoms with E-state index in [4.69, 9.17) is 0 Å². The number of aryl methyl sites for hydroxylation is 1. The summed E-state index contributed by atoms with van der Waals surface area (Å²) < 4.78 is 1.94. The number of hydrogen-bond donors (Lipinski definition) is 1. The number of aromatic nitrogens is 3. The average molecular weight is 216 g/mol. The van der Waals surface area contributed by atoms with Crippen LogP contribution in [0.1, 0.15) is 30.3 Å². The maximum atomic E-state index is 4.69. The Morgan fingerprint density at radius 1 is 1.38 bits per heavy atom. The highest BCUT2D eigenvalue weighted by Crippen LogP contribution is 2.27. The summed E-state index contributed by atoms with van der Waals surface area (Å²) in [6.45, 7) is 4.22. The van der Waals surface area contributed by atoms with Crippen molar-refractivity contribution >= 4 is 5.52 Å². The van der Waals surface area contributed by atoms with Gasteiger partial charge in [0.2, 0.25) is 0 Å². The zero-order valence-electron chi connectivity index (χ0n) is 9.48. The van der Waals surface area contributed by atoms with Gasteiger partial charge in [-0.05, 0) is 45.0 Å². The summed E-state index contributed by atoms with van der Waals surface area (Å²) in [5, 5.41) is 7.72. The fraction of sp³-hybridized carbons (Fsp3) is 0.500. The van der Waals surface area contributed by atoms with Crippen molar-refractivity contribution in [3.05, 3.63) is 29.8 Å². The van der Waals surface area contributed by atoms with Crippen molar-refractivity contribution in [2.75, 3.05) is 13.1 Å². The molecule has 0 unspecified atom stereocenters. The molecule has 0 aromatic carbocycles. The van der Waals surface area contributed by atoms with Crippen LogP contribution < -0.4 is 5.32 Å². The molecule has 2 aromatic rings. The molecule has 1 saturated heterocycles. The number of rotatable bonds is 1. The van der Waals surface area contributed by atoms with Crippen LogP contribution in [-0.4, -0.2) is 27.7 Å². The Kier molecular flexibility index (Phi) is 2.36. The zero-order chi connectivity index (χ0) is 11.0. The third kappa shape index (κ3) is 1.50. The average Bonchev–Trinajstić information content (AvgIpc) is 2.69. The Labute approximate surface area is 94.7 Å². The lowest BCUT2D eigenvalue weighted by atomic mass is 9.94. The smallest absolute Gasteiger partial charge is 0.127 e. The first kappa shape index (κ1) is 9.78. The van der Waals surface area contributed by atoms with Crippen LogP contribution in [0.4, 0.5) is 0 Å². The Balaban J connectivity index is 2.08. The molecule has 4 nitrogen and oxygen atoms in total. The van der Waals surface area contributed by atoms with Gasteiger partial charge in [0.15, 0.2) is 0 Å². The van der Waals surface area contributed by atoms with Crippen molar-refractivity contribution in [2.24, 2.45) is 0 Å². The van der Waals surface area contributed by atoms with E-state index < -0.39 is 0 Å². The van der Waals surface area contributed by atoms with Crippen LogP contribution >= 0.6 is 0 Å². The van der Waals surface area contributed by atoms with Crippen LogP contribution in [0, 0.1) is 6.92 Å². The second kappa shape index (κ2) is 3.87. The van der Waals surface area contributed by atoms with E-state index in [1.165, 1.54) is 24.1 Å². The third-order valence-electron chi connectivity index (χ3n) is 3.33. The molecule has 2 aromatic heterocycles. The first-order chi connectivity index (χ1) is 7.86. The van der Waals surface area contributed by atoms with Gasteiger partial charge in [0.25, 0.3) is 0 Å². The molecule has 0 atom stereocenters. The topological polar surface area (TPSA) is 42.2 Å². The molecule has 3 heterocycles. The van der Waals surface area contributed by atoms with Gasteiger partial charge in [-0.15, -0.1) is 0 Å². The van der Waals surface area contributed by atoms with Crippen LogP contribution in [0.15, 0.2) is 18.3 Å². The van der Waals surface area contributed by atoms with Gasteiger partial charge < -0.3 is 5.32 Å². The SMILES string of the molecule is Cc1nc(C2CCNCC2)c2cccnn12. The second-order valence-corrected chi connectivity index (χ2v) is 4.39. The molecule has 4 heteroatoms. The van der Waals surface area contributed by atoms with E-state index in [2.05, 4.69) is 21.5 Å². The highest BCUT2D eigenvalue weighted by Gasteiger charge is 2.20. The predicted molar refractivity (Wildman–Crippen MR) is 62.6 cm³/mol. The summed E-state index contributed by atoms with van der Waals surface area (Å²) in [5.74, 6) is 1.58. The molecule has 1 fully saturated rings. The quantitative estimate of drug-likeness (QED) is 0.785. The van der Waals surface area contributed by atoms with Crippen LogP contribution in [0.3, 0.4) is 0 Å². The van der Waals surface area contributed by atoms with Crippen molar-refractivity contribution in [3.63, 3.8) is 0 Å². The normalized spacial score (nSPS) is 18.1. The molecule has 1 N–H and O–H groups in total. The summed E-state index contributed by atoms with van der Waals surface area (Å²) in [7, 11) is 0. The highest BCUT2D eigenvalue weighted by molar-refractivity contribution is 5.53. The summed E-state index contributed by atoms with van der Waals surface area (Å²) in [4.78, 5) is 4.69. The first-order valence-corrected chi connectivity index (χ1v) is 5.87. The third-order valence-corrected chi connectivity index (χ3v) is 3.33. The zero-order valence-corrected chi connectivity index (χ0v) is 9.48. The van der Waals surface area contributed by atoms with E-state index in [0.29, 0.717) is 5.92 Å². The minimum atomic E-state index is 0.592. The molecule has 16 heavy (non-hydrogen) atoms. The van der Waals surface area contributed by atoms with Crippen LogP contribution in [-0.2, 0) is 0 Å². The molecule has 1 aliphatic heterocycles. The van der Waals surface area contributed by atoms with E-state index in [1.807, 2.05) is 23.7 Å². The van der Waals surface area contributed by atoms with Gasteiger partial charge in [-0.1, -0.05) is 0 Å². The van der Waals surface area contributed by atoms with Crippen molar-refractivity contribution < 1.29 is 0 Å². The summed E-state index contributed by atoms with van der Waals surface area (Å²) in [5.41, 5.74) is 2.40. The molecule has 0 radical (unpaired) electrons. The maximum absolute atomic E-state index is 4.69. The van der Waals surface area contributed by atoms with E-state index in [0.717, 1.165) is 18.9 Å². The summed E-state index contributed by atoms with van der Waals surface area (Å²) in [6, 6.07) is 4.10. The van der Waals surface area contributed by atoms with E-state index in [9.17, 15) is 0 Å². The number of imidazole rings is 1. The predicted octanol–water partition coefficient (Wildman–Crippen LogP) is 1.50. The number of nitrogens with one attached hydrogen (secondary N) is 1. The number of piperidine rings is 1. The molecule has 0 saturated carbocycles. The second-order valence-electron chi connectivity index (χ2n) is 4.39. The Hall–Kier alpha value is -1.42. The first-order valence-electron chi connectivity index (χ1n) is 5.87.